The summed E-state index contributed by atoms with van der Waals surface area (Å²) in [5.41, 5.74) is 0. The molecule has 0 N–H and O–H groups in total. The predicted molar refractivity (Wildman–Crippen MR) is 48.0 cm³/mol. The van der Waals surface area contributed by atoms with Crippen LogP contribution in [0.3, 0.4) is 0 Å². The molecule has 0 aliphatic carbocycles. The Morgan fingerprint density at radius 3 is 2.45 bits per heavy atom. The Balaban J connectivity index is 2.52. The summed E-state index contributed by atoms with van der Waals surface area (Å²) in [5.74, 6) is 1.84. The lowest BCUT2D eigenvalue weighted by atomic mass is 9.83. The van der Waals surface area contributed by atoms with Crippen molar-refractivity contribution in [3.05, 3.63) is 0 Å². The zero-order valence-electron chi connectivity index (χ0n) is 7.41. The summed E-state index contributed by atoms with van der Waals surface area (Å²) >= 11 is 0. The van der Waals surface area contributed by atoms with Crippen molar-refractivity contribution in [2.24, 2.45) is 17.8 Å². The van der Waals surface area contributed by atoms with Crippen molar-refractivity contribution < 1.29 is 9.26 Å². The monoisotopic (exact) mass is 176 g/mol. The second-order valence-corrected chi connectivity index (χ2v) is 3.81. The molecule has 3 heteroatoms. The summed E-state index contributed by atoms with van der Waals surface area (Å²) < 4.78 is 10.6. The van der Waals surface area contributed by atoms with Gasteiger partial charge >= 0.3 is 0 Å². The average molecular weight is 176 g/mol. The maximum atomic E-state index is 5.48. The van der Waals surface area contributed by atoms with Crippen molar-refractivity contribution in [1.29, 1.82) is 0 Å². The molecule has 66 valence electrons. The van der Waals surface area contributed by atoms with Crippen LogP contribution >= 0.6 is 9.47 Å². The molecule has 0 saturated carbocycles. The molecule has 0 aromatic rings. The van der Waals surface area contributed by atoms with Gasteiger partial charge in [0.15, 0.2) is 6.29 Å². The van der Waals surface area contributed by atoms with E-state index in [1.54, 1.807) is 0 Å². The van der Waals surface area contributed by atoms with Crippen LogP contribution in [-0.2, 0) is 9.26 Å². The molecule has 1 aliphatic rings. The van der Waals surface area contributed by atoms with Gasteiger partial charge in [-0.3, -0.25) is 0 Å². The molecule has 1 saturated heterocycles. The molecule has 1 heterocycles. The normalized spacial score (nSPS) is 45.8. The average Bonchev–Trinajstić information content (AvgIpc) is 2.01. The fraction of sp³-hybridized carbons (Fsp3) is 1.00. The highest BCUT2D eigenvalue weighted by Crippen LogP contribution is 2.31. The van der Waals surface area contributed by atoms with Gasteiger partial charge in [-0.25, -0.2) is 0 Å². The first-order valence-electron chi connectivity index (χ1n) is 4.14. The van der Waals surface area contributed by atoms with Crippen LogP contribution in [-0.4, -0.2) is 12.9 Å². The van der Waals surface area contributed by atoms with Crippen LogP contribution in [0.25, 0.3) is 0 Å². The van der Waals surface area contributed by atoms with E-state index in [1.165, 1.54) is 0 Å². The summed E-state index contributed by atoms with van der Waals surface area (Å²) in [6.07, 6.45) is -0.0220. The quantitative estimate of drug-likeness (QED) is 0.569. The fourth-order valence-corrected chi connectivity index (χ4v) is 1.81. The Labute approximate surface area is 70.9 Å². The largest absolute Gasteiger partial charge is 0.352 e. The van der Waals surface area contributed by atoms with Gasteiger partial charge in [0.25, 0.3) is 0 Å². The molecule has 2 nitrogen and oxygen atoms in total. The maximum absolute atomic E-state index is 5.48. The van der Waals surface area contributed by atoms with Crippen LogP contribution in [0.2, 0.25) is 0 Å². The Morgan fingerprint density at radius 1 is 1.27 bits per heavy atom. The van der Waals surface area contributed by atoms with Crippen molar-refractivity contribution in [2.75, 3.05) is 6.61 Å². The van der Waals surface area contributed by atoms with Gasteiger partial charge in [-0.15, -0.1) is 0 Å². The summed E-state index contributed by atoms with van der Waals surface area (Å²) in [7, 11) is 2.27. The van der Waals surface area contributed by atoms with E-state index in [1.807, 2.05) is 0 Å². The molecule has 5 atom stereocenters. The van der Waals surface area contributed by atoms with Gasteiger partial charge < -0.3 is 9.26 Å². The Hall–Kier alpha value is 0.350. The molecular weight excluding hydrogens is 159 g/mol. The summed E-state index contributed by atoms with van der Waals surface area (Å²) in [6.45, 7) is 7.48. The molecular formula is C8H17O2P. The van der Waals surface area contributed by atoms with Gasteiger partial charge in [0.1, 0.15) is 0 Å². The third kappa shape index (κ3) is 1.93. The number of rotatable bonds is 1. The smallest absolute Gasteiger partial charge is 0.163 e. The van der Waals surface area contributed by atoms with Crippen molar-refractivity contribution in [2.45, 2.75) is 27.1 Å². The van der Waals surface area contributed by atoms with Crippen molar-refractivity contribution in [1.82, 2.24) is 0 Å². The molecule has 0 amide bonds. The first-order valence-corrected chi connectivity index (χ1v) is 4.61. The van der Waals surface area contributed by atoms with Gasteiger partial charge in [-0.1, -0.05) is 20.8 Å². The molecule has 1 fully saturated rings. The summed E-state index contributed by atoms with van der Waals surface area (Å²) in [5, 5.41) is 0. The van der Waals surface area contributed by atoms with E-state index in [0.717, 1.165) is 6.61 Å². The van der Waals surface area contributed by atoms with Gasteiger partial charge in [0, 0.05) is 15.4 Å². The number of hydrogen-bond donors (Lipinski definition) is 0. The number of ether oxygens (including phenoxy) is 1. The third-order valence-electron chi connectivity index (χ3n) is 2.81. The molecule has 2 unspecified atom stereocenters. The number of hydrogen-bond acceptors (Lipinski definition) is 2. The van der Waals surface area contributed by atoms with E-state index in [4.69, 9.17) is 9.26 Å². The van der Waals surface area contributed by atoms with Crippen LogP contribution in [0, 0.1) is 17.8 Å². The lowest BCUT2D eigenvalue weighted by Crippen LogP contribution is -2.38. The lowest BCUT2D eigenvalue weighted by Gasteiger charge is -2.37. The molecule has 0 spiro atoms. The van der Waals surface area contributed by atoms with Gasteiger partial charge in [0.05, 0.1) is 6.61 Å². The highest BCUT2D eigenvalue weighted by molar-refractivity contribution is 7.09. The highest BCUT2D eigenvalue weighted by atomic mass is 31.0. The Kier molecular flexibility index (Phi) is 3.29. The van der Waals surface area contributed by atoms with Crippen molar-refractivity contribution in [3.63, 3.8) is 0 Å². The Bertz CT molecular complexity index is 127. The van der Waals surface area contributed by atoms with E-state index in [-0.39, 0.29) is 6.29 Å². The van der Waals surface area contributed by atoms with E-state index >= 15 is 0 Å². The first-order chi connectivity index (χ1) is 5.16. The van der Waals surface area contributed by atoms with E-state index in [9.17, 15) is 0 Å². The maximum Gasteiger partial charge on any atom is 0.163 e. The molecule has 0 aromatic heterocycles. The molecule has 0 bridgehead atoms. The van der Waals surface area contributed by atoms with Crippen molar-refractivity contribution >= 4 is 9.47 Å². The lowest BCUT2D eigenvalue weighted by molar-refractivity contribution is -0.165. The van der Waals surface area contributed by atoms with Crippen LogP contribution in [0.5, 0.6) is 0 Å². The third-order valence-corrected chi connectivity index (χ3v) is 3.08. The van der Waals surface area contributed by atoms with Gasteiger partial charge in [0.2, 0.25) is 0 Å². The minimum atomic E-state index is -0.0220. The zero-order valence-corrected chi connectivity index (χ0v) is 8.57. The minimum Gasteiger partial charge on any atom is -0.352 e. The van der Waals surface area contributed by atoms with E-state index < -0.39 is 0 Å². The van der Waals surface area contributed by atoms with Crippen LogP contribution in [0.1, 0.15) is 20.8 Å². The fourth-order valence-electron chi connectivity index (χ4n) is 1.48. The first kappa shape index (κ1) is 9.44. The molecule has 1 aliphatic heterocycles. The van der Waals surface area contributed by atoms with E-state index in [2.05, 4.69) is 30.2 Å². The van der Waals surface area contributed by atoms with Crippen LogP contribution < -0.4 is 0 Å². The molecule has 11 heavy (non-hydrogen) atoms. The second kappa shape index (κ2) is 3.84. The van der Waals surface area contributed by atoms with Gasteiger partial charge in [-0.2, -0.15) is 0 Å². The van der Waals surface area contributed by atoms with Crippen LogP contribution in [0.4, 0.5) is 0 Å². The topological polar surface area (TPSA) is 18.5 Å². The minimum absolute atomic E-state index is 0.0220. The zero-order chi connectivity index (χ0) is 8.43. The van der Waals surface area contributed by atoms with Crippen LogP contribution in [0.15, 0.2) is 0 Å². The summed E-state index contributed by atoms with van der Waals surface area (Å²) in [4.78, 5) is 0. The summed E-state index contributed by atoms with van der Waals surface area (Å²) in [6, 6.07) is 0. The highest BCUT2D eigenvalue weighted by Gasteiger charge is 2.32. The standard InChI is InChI=1S/C8H17O2P/c1-5-4-9-8(10-11)7(3)6(5)2/h5-8H,4,11H2,1-3H3/t5-,6-,7+,8?/m0/s1. The Morgan fingerprint density at radius 2 is 1.91 bits per heavy atom. The van der Waals surface area contributed by atoms with E-state index in [0.29, 0.717) is 17.8 Å². The van der Waals surface area contributed by atoms with Crippen molar-refractivity contribution in [3.8, 4) is 0 Å². The molecule has 0 aromatic carbocycles. The second-order valence-electron chi connectivity index (χ2n) is 3.53. The predicted octanol–water partition coefficient (Wildman–Crippen LogP) is 2.06. The SMILES string of the molecule is C[C@H]1[C@@H](C)COC(OP)[C@@H]1C. The van der Waals surface area contributed by atoms with Gasteiger partial charge in [-0.05, 0) is 11.8 Å². The molecule has 0 radical (unpaired) electrons. The molecule has 1 rings (SSSR count).